The summed E-state index contributed by atoms with van der Waals surface area (Å²) < 4.78 is 12.7. The molecule has 0 saturated carbocycles. The van der Waals surface area contributed by atoms with Crippen LogP contribution in [0, 0.1) is 17.7 Å². The zero-order valence-electron chi connectivity index (χ0n) is 9.23. The first-order valence-electron chi connectivity index (χ1n) is 5.33. The van der Waals surface area contributed by atoms with Crippen molar-refractivity contribution < 1.29 is 4.39 Å². The minimum atomic E-state index is -0.393. The Morgan fingerprint density at radius 1 is 0.941 bits per heavy atom. The lowest BCUT2D eigenvalue weighted by molar-refractivity contribution is 0.626. The largest absolute Gasteiger partial charge is 0.314 e. The topological polar surface area (TPSA) is 26.0 Å². The predicted octanol–water partition coefficient (Wildman–Crippen LogP) is 2.88. The third-order valence-electron chi connectivity index (χ3n) is 2.37. The molecule has 0 amide bonds. The van der Waals surface area contributed by atoms with Gasteiger partial charge in [0.15, 0.2) is 0 Å². The summed E-state index contributed by atoms with van der Waals surface area (Å²) in [6.07, 6.45) is 0. The smallest absolute Gasteiger partial charge is 0.123 e. The molecule has 2 rings (SSSR count). The fourth-order valence-electron chi connectivity index (χ4n) is 1.44. The molecule has 0 spiro atoms. The van der Waals surface area contributed by atoms with Crippen LogP contribution in [0.5, 0.6) is 0 Å². The van der Waals surface area contributed by atoms with Crippen LogP contribution in [0.15, 0.2) is 54.6 Å². The lowest BCUT2D eigenvalue weighted by atomic mass is 10.1. The van der Waals surface area contributed by atoms with Gasteiger partial charge in [-0.2, -0.15) is 0 Å². The molecule has 17 heavy (non-hydrogen) atoms. The second kappa shape index (κ2) is 5.29. The highest BCUT2D eigenvalue weighted by atomic mass is 19.1. The Labute approximate surface area is 100 Å². The van der Waals surface area contributed by atoms with E-state index in [1.807, 2.05) is 30.3 Å². The molecule has 2 aromatic rings. The van der Waals surface area contributed by atoms with E-state index in [4.69, 9.17) is 5.73 Å². The average molecular weight is 225 g/mol. The van der Waals surface area contributed by atoms with E-state index in [-0.39, 0.29) is 5.82 Å². The lowest BCUT2D eigenvalue weighted by Gasteiger charge is -2.03. The lowest BCUT2D eigenvalue weighted by Crippen LogP contribution is -2.07. The van der Waals surface area contributed by atoms with Crippen LogP contribution in [0.3, 0.4) is 0 Å². The van der Waals surface area contributed by atoms with Gasteiger partial charge < -0.3 is 5.73 Å². The summed E-state index contributed by atoms with van der Waals surface area (Å²) in [7, 11) is 0. The van der Waals surface area contributed by atoms with Gasteiger partial charge in [-0.25, -0.2) is 4.39 Å². The summed E-state index contributed by atoms with van der Waals surface area (Å²) >= 11 is 0. The summed E-state index contributed by atoms with van der Waals surface area (Å²) in [6.45, 7) is 0. The molecular formula is C15H12FN. The molecule has 84 valence electrons. The number of hydrogen-bond acceptors (Lipinski definition) is 1. The van der Waals surface area contributed by atoms with Crippen molar-refractivity contribution >= 4 is 0 Å². The molecule has 0 aliphatic rings. The molecule has 0 bridgehead atoms. The Morgan fingerprint density at radius 3 is 2.24 bits per heavy atom. The van der Waals surface area contributed by atoms with Crippen LogP contribution in [-0.4, -0.2) is 0 Å². The van der Waals surface area contributed by atoms with E-state index >= 15 is 0 Å². The second-order valence-corrected chi connectivity index (χ2v) is 3.66. The summed E-state index contributed by atoms with van der Waals surface area (Å²) in [5, 5.41) is 0. The highest BCUT2D eigenvalue weighted by Gasteiger charge is 2.01. The number of hydrogen-bond donors (Lipinski definition) is 1. The molecule has 0 radical (unpaired) electrons. The van der Waals surface area contributed by atoms with Gasteiger partial charge >= 0.3 is 0 Å². The normalized spacial score (nSPS) is 11.4. The van der Waals surface area contributed by atoms with Gasteiger partial charge in [-0.3, -0.25) is 0 Å². The van der Waals surface area contributed by atoms with Gasteiger partial charge in [0, 0.05) is 5.56 Å². The van der Waals surface area contributed by atoms with Crippen molar-refractivity contribution in [3.8, 4) is 11.8 Å². The third kappa shape index (κ3) is 3.17. The van der Waals surface area contributed by atoms with Gasteiger partial charge in [0.1, 0.15) is 5.82 Å². The molecule has 0 aromatic heterocycles. The SMILES string of the molecule is NC(C#Cc1ccccc1)c1ccc(F)cc1. The quantitative estimate of drug-likeness (QED) is 0.742. The Hall–Kier alpha value is -2.11. The predicted molar refractivity (Wildman–Crippen MR) is 66.6 cm³/mol. The van der Waals surface area contributed by atoms with E-state index in [0.717, 1.165) is 11.1 Å². The van der Waals surface area contributed by atoms with Crippen LogP contribution in [0.25, 0.3) is 0 Å². The molecule has 0 saturated heterocycles. The second-order valence-electron chi connectivity index (χ2n) is 3.66. The van der Waals surface area contributed by atoms with Crippen molar-refractivity contribution in [1.82, 2.24) is 0 Å². The maximum absolute atomic E-state index is 12.7. The van der Waals surface area contributed by atoms with E-state index in [1.165, 1.54) is 12.1 Å². The van der Waals surface area contributed by atoms with E-state index in [2.05, 4.69) is 11.8 Å². The fraction of sp³-hybridized carbons (Fsp3) is 0.0667. The van der Waals surface area contributed by atoms with Crippen LogP contribution in [-0.2, 0) is 0 Å². The highest BCUT2D eigenvalue weighted by molar-refractivity contribution is 5.37. The van der Waals surface area contributed by atoms with E-state index in [9.17, 15) is 4.39 Å². The van der Waals surface area contributed by atoms with E-state index in [1.54, 1.807) is 12.1 Å². The van der Waals surface area contributed by atoms with Crippen molar-refractivity contribution in [3.63, 3.8) is 0 Å². The van der Waals surface area contributed by atoms with Crippen molar-refractivity contribution in [1.29, 1.82) is 0 Å². The molecular weight excluding hydrogens is 213 g/mol. The first-order chi connectivity index (χ1) is 8.25. The Balaban J connectivity index is 2.15. The third-order valence-corrected chi connectivity index (χ3v) is 2.37. The first kappa shape index (κ1) is 11.4. The standard InChI is InChI=1S/C15H12FN/c16-14-9-7-13(8-10-14)15(17)11-6-12-4-2-1-3-5-12/h1-5,7-10,15H,17H2. The van der Waals surface area contributed by atoms with Gasteiger partial charge in [-0.05, 0) is 29.8 Å². The van der Waals surface area contributed by atoms with Gasteiger partial charge in [0.25, 0.3) is 0 Å². The zero-order valence-corrected chi connectivity index (χ0v) is 9.23. The molecule has 1 unspecified atom stereocenters. The van der Waals surface area contributed by atoms with Crippen LogP contribution in [0.1, 0.15) is 17.2 Å². The van der Waals surface area contributed by atoms with Crippen molar-refractivity contribution in [2.24, 2.45) is 5.73 Å². The molecule has 1 nitrogen and oxygen atoms in total. The molecule has 2 aromatic carbocycles. The number of nitrogens with two attached hydrogens (primary N) is 1. The average Bonchev–Trinajstić information content (AvgIpc) is 2.38. The molecule has 0 aliphatic carbocycles. The zero-order chi connectivity index (χ0) is 12.1. The maximum atomic E-state index is 12.7. The van der Waals surface area contributed by atoms with E-state index in [0.29, 0.717) is 0 Å². The molecule has 2 heteroatoms. The summed E-state index contributed by atoms with van der Waals surface area (Å²) in [4.78, 5) is 0. The molecule has 0 fully saturated rings. The number of halogens is 1. The first-order valence-corrected chi connectivity index (χ1v) is 5.33. The van der Waals surface area contributed by atoms with Gasteiger partial charge in [-0.1, -0.05) is 42.2 Å². The summed E-state index contributed by atoms with van der Waals surface area (Å²) in [5.41, 5.74) is 7.63. The van der Waals surface area contributed by atoms with Crippen LogP contribution in [0.4, 0.5) is 4.39 Å². The van der Waals surface area contributed by atoms with Gasteiger partial charge in [-0.15, -0.1) is 0 Å². The molecule has 0 aliphatic heterocycles. The van der Waals surface area contributed by atoms with Crippen LogP contribution >= 0.6 is 0 Å². The number of rotatable bonds is 1. The summed E-state index contributed by atoms with van der Waals surface area (Å²) in [5.74, 6) is 5.66. The van der Waals surface area contributed by atoms with Crippen molar-refractivity contribution in [3.05, 3.63) is 71.5 Å². The Morgan fingerprint density at radius 2 is 1.59 bits per heavy atom. The van der Waals surface area contributed by atoms with Gasteiger partial charge in [0.05, 0.1) is 6.04 Å². The number of benzene rings is 2. The monoisotopic (exact) mass is 225 g/mol. The van der Waals surface area contributed by atoms with Crippen molar-refractivity contribution in [2.75, 3.05) is 0 Å². The molecule has 1 atom stereocenters. The minimum Gasteiger partial charge on any atom is -0.314 e. The van der Waals surface area contributed by atoms with E-state index < -0.39 is 6.04 Å². The fourth-order valence-corrected chi connectivity index (χ4v) is 1.44. The maximum Gasteiger partial charge on any atom is 0.123 e. The van der Waals surface area contributed by atoms with Crippen LogP contribution < -0.4 is 5.73 Å². The van der Waals surface area contributed by atoms with Gasteiger partial charge in [0.2, 0.25) is 0 Å². The highest BCUT2D eigenvalue weighted by Crippen LogP contribution is 2.10. The molecule has 2 N–H and O–H groups in total. The minimum absolute atomic E-state index is 0.267. The molecule has 0 heterocycles. The van der Waals surface area contributed by atoms with Crippen molar-refractivity contribution in [2.45, 2.75) is 6.04 Å². The Kier molecular flexibility index (Phi) is 3.54. The summed E-state index contributed by atoms with van der Waals surface area (Å²) in [6, 6.07) is 15.3. The Bertz CT molecular complexity index is 535. The van der Waals surface area contributed by atoms with Crippen LogP contribution in [0.2, 0.25) is 0 Å².